The lowest BCUT2D eigenvalue weighted by molar-refractivity contribution is 0.199. The van der Waals surface area contributed by atoms with Gasteiger partial charge >= 0.3 is 0 Å². The highest BCUT2D eigenvalue weighted by Gasteiger charge is 2.26. The number of nitrogens with one attached hydrogen (secondary N) is 1. The van der Waals surface area contributed by atoms with Gasteiger partial charge in [-0.05, 0) is 50.6 Å². The zero-order valence-corrected chi connectivity index (χ0v) is 16.2. The largest absolute Gasteiger partial charge is 0.494 e. The van der Waals surface area contributed by atoms with E-state index in [1.54, 1.807) is 0 Å². The van der Waals surface area contributed by atoms with E-state index >= 15 is 0 Å². The van der Waals surface area contributed by atoms with E-state index in [-0.39, 0.29) is 12.4 Å². The summed E-state index contributed by atoms with van der Waals surface area (Å²) in [5.41, 5.74) is 1.35. The van der Waals surface area contributed by atoms with Crippen molar-refractivity contribution in [3.63, 3.8) is 0 Å². The van der Waals surface area contributed by atoms with E-state index in [0.717, 1.165) is 57.4 Å². The molecular weight excluding hydrogens is 350 g/mol. The summed E-state index contributed by atoms with van der Waals surface area (Å²) in [6.07, 6.45) is 2.34. The van der Waals surface area contributed by atoms with Crippen LogP contribution in [0.2, 0.25) is 0 Å². The molecule has 2 aromatic rings. The fraction of sp³-hybridized carbons (Fsp3) is 0.579. The molecule has 2 aliphatic rings. The van der Waals surface area contributed by atoms with E-state index in [1.807, 2.05) is 6.92 Å². The van der Waals surface area contributed by atoms with Gasteiger partial charge in [0.2, 0.25) is 0 Å². The normalized spacial score (nSPS) is 18.2. The van der Waals surface area contributed by atoms with Crippen LogP contribution >= 0.6 is 12.4 Å². The van der Waals surface area contributed by atoms with Gasteiger partial charge in [-0.15, -0.1) is 22.6 Å². The van der Waals surface area contributed by atoms with Gasteiger partial charge < -0.3 is 14.6 Å². The van der Waals surface area contributed by atoms with Crippen LogP contribution in [0, 0.1) is 0 Å². The molecular formula is C19H28ClN5O. The Morgan fingerprint density at radius 3 is 2.62 bits per heavy atom. The quantitative estimate of drug-likeness (QED) is 0.867. The van der Waals surface area contributed by atoms with Crippen molar-refractivity contribution in [3.05, 3.63) is 41.5 Å². The number of rotatable bonds is 5. The number of likely N-dealkylation sites (tertiary alicyclic amines) is 1. The first-order chi connectivity index (χ1) is 12.3. The molecule has 0 bridgehead atoms. The number of ether oxygens (including phenoxy) is 1. The van der Waals surface area contributed by atoms with Crippen molar-refractivity contribution in [1.29, 1.82) is 0 Å². The highest BCUT2D eigenvalue weighted by atomic mass is 35.5. The number of hydrogen-bond donors (Lipinski definition) is 1. The Labute approximate surface area is 161 Å². The Hall–Kier alpha value is -1.63. The number of piperidine rings is 1. The molecule has 0 spiro atoms. The smallest absolute Gasteiger partial charge is 0.147 e. The molecule has 0 unspecified atom stereocenters. The van der Waals surface area contributed by atoms with Crippen LogP contribution in [0.25, 0.3) is 0 Å². The molecule has 4 rings (SSSR count). The fourth-order valence-corrected chi connectivity index (χ4v) is 3.88. The highest BCUT2D eigenvalue weighted by Crippen LogP contribution is 2.28. The maximum atomic E-state index is 5.52. The van der Waals surface area contributed by atoms with Crippen LogP contribution in [-0.4, -0.2) is 45.9 Å². The third-order valence-electron chi connectivity index (χ3n) is 5.24. The van der Waals surface area contributed by atoms with E-state index in [0.29, 0.717) is 5.92 Å². The molecule has 6 nitrogen and oxygen atoms in total. The number of aromatic nitrogens is 3. The highest BCUT2D eigenvalue weighted by molar-refractivity contribution is 5.85. The van der Waals surface area contributed by atoms with Crippen molar-refractivity contribution >= 4 is 12.4 Å². The number of hydrogen-bond acceptors (Lipinski definition) is 5. The Balaban J connectivity index is 0.00000196. The molecule has 0 amide bonds. The van der Waals surface area contributed by atoms with Gasteiger partial charge in [0.1, 0.15) is 17.4 Å². The summed E-state index contributed by atoms with van der Waals surface area (Å²) >= 11 is 0. The van der Waals surface area contributed by atoms with Gasteiger partial charge in [-0.1, -0.05) is 12.1 Å². The zero-order chi connectivity index (χ0) is 17.1. The van der Waals surface area contributed by atoms with Crippen LogP contribution in [0.1, 0.15) is 42.9 Å². The van der Waals surface area contributed by atoms with Gasteiger partial charge in [0.15, 0.2) is 0 Å². The molecule has 2 aliphatic heterocycles. The van der Waals surface area contributed by atoms with Crippen molar-refractivity contribution in [2.24, 2.45) is 0 Å². The van der Waals surface area contributed by atoms with E-state index in [9.17, 15) is 0 Å². The molecule has 7 heteroatoms. The van der Waals surface area contributed by atoms with Gasteiger partial charge in [-0.25, -0.2) is 0 Å². The minimum absolute atomic E-state index is 0. The molecule has 1 aromatic carbocycles. The SMILES string of the molecule is CCOc1ccc(CN2CCC(c3nnc4n3CCNC4)CC2)cc1.Cl. The lowest BCUT2D eigenvalue weighted by Gasteiger charge is -2.32. The summed E-state index contributed by atoms with van der Waals surface area (Å²) < 4.78 is 7.86. The van der Waals surface area contributed by atoms with Crippen LogP contribution in [0.4, 0.5) is 0 Å². The summed E-state index contributed by atoms with van der Waals surface area (Å²) in [6, 6.07) is 8.50. The monoisotopic (exact) mass is 377 g/mol. The Morgan fingerprint density at radius 2 is 1.88 bits per heavy atom. The van der Waals surface area contributed by atoms with Crippen molar-refractivity contribution in [3.8, 4) is 5.75 Å². The first-order valence-electron chi connectivity index (χ1n) is 9.40. The van der Waals surface area contributed by atoms with Crippen molar-refractivity contribution < 1.29 is 4.74 Å². The van der Waals surface area contributed by atoms with Gasteiger partial charge in [0, 0.05) is 25.6 Å². The van der Waals surface area contributed by atoms with Crippen molar-refractivity contribution in [2.75, 3.05) is 26.2 Å². The van der Waals surface area contributed by atoms with Crippen molar-refractivity contribution in [2.45, 2.75) is 45.3 Å². The summed E-state index contributed by atoms with van der Waals surface area (Å²) in [6.45, 7) is 8.87. The van der Waals surface area contributed by atoms with Gasteiger partial charge in [-0.3, -0.25) is 4.90 Å². The number of benzene rings is 1. The second-order valence-corrected chi connectivity index (χ2v) is 6.93. The average molecular weight is 378 g/mol. The maximum Gasteiger partial charge on any atom is 0.147 e. The van der Waals surface area contributed by atoms with Crippen molar-refractivity contribution in [1.82, 2.24) is 25.0 Å². The molecule has 0 atom stereocenters. The summed E-state index contributed by atoms with van der Waals surface area (Å²) in [5.74, 6) is 3.81. The molecule has 0 aliphatic carbocycles. The maximum absolute atomic E-state index is 5.52. The molecule has 3 heterocycles. The lowest BCUT2D eigenvalue weighted by atomic mass is 9.95. The average Bonchev–Trinajstić information content (AvgIpc) is 3.08. The molecule has 1 aromatic heterocycles. The number of fused-ring (bicyclic) bond motifs is 1. The second-order valence-electron chi connectivity index (χ2n) is 6.93. The number of nitrogens with zero attached hydrogens (tertiary/aromatic N) is 4. The minimum atomic E-state index is 0. The first kappa shape index (κ1) is 19.1. The van der Waals surface area contributed by atoms with Crippen LogP contribution in [0.5, 0.6) is 5.75 Å². The van der Waals surface area contributed by atoms with E-state index in [2.05, 4.69) is 49.2 Å². The second kappa shape index (κ2) is 8.84. The van der Waals surface area contributed by atoms with E-state index < -0.39 is 0 Å². The summed E-state index contributed by atoms with van der Waals surface area (Å²) in [4.78, 5) is 2.54. The van der Waals surface area contributed by atoms with Gasteiger partial charge in [-0.2, -0.15) is 0 Å². The third kappa shape index (κ3) is 4.19. The fourth-order valence-electron chi connectivity index (χ4n) is 3.88. The Morgan fingerprint density at radius 1 is 1.12 bits per heavy atom. The predicted octanol–water partition coefficient (Wildman–Crippen LogP) is 2.58. The molecule has 0 radical (unpaired) electrons. The standard InChI is InChI=1S/C19H27N5O.ClH/c1-2-25-17-5-3-15(4-6-17)14-23-10-7-16(8-11-23)19-22-21-18-13-20-9-12-24(18)19;/h3-6,16,20H,2,7-14H2,1H3;1H. The molecule has 1 fully saturated rings. The molecule has 0 saturated carbocycles. The first-order valence-corrected chi connectivity index (χ1v) is 9.40. The minimum Gasteiger partial charge on any atom is -0.494 e. The predicted molar refractivity (Wildman–Crippen MR) is 104 cm³/mol. The van der Waals surface area contributed by atoms with E-state index in [4.69, 9.17) is 4.74 Å². The zero-order valence-electron chi connectivity index (χ0n) is 15.4. The van der Waals surface area contributed by atoms with Crippen LogP contribution in [0.15, 0.2) is 24.3 Å². The lowest BCUT2D eigenvalue weighted by Crippen LogP contribution is -2.34. The number of halogens is 1. The Kier molecular flexibility index (Phi) is 6.51. The molecule has 26 heavy (non-hydrogen) atoms. The van der Waals surface area contributed by atoms with Gasteiger partial charge in [0.25, 0.3) is 0 Å². The summed E-state index contributed by atoms with van der Waals surface area (Å²) in [7, 11) is 0. The van der Waals surface area contributed by atoms with E-state index in [1.165, 1.54) is 24.2 Å². The van der Waals surface area contributed by atoms with Gasteiger partial charge in [0.05, 0.1) is 13.2 Å². The molecule has 142 valence electrons. The topological polar surface area (TPSA) is 55.2 Å². The third-order valence-corrected chi connectivity index (χ3v) is 5.24. The van der Waals surface area contributed by atoms with Crippen LogP contribution in [0.3, 0.4) is 0 Å². The molecule has 1 saturated heterocycles. The molecule has 1 N–H and O–H groups in total. The summed E-state index contributed by atoms with van der Waals surface area (Å²) in [5, 5.41) is 12.2. The van der Waals surface area contributed by atoms with Crippen LogP contribution < -0.4 is 10.1 Å². The Bertz CT molecular complexity index is 694. The van der Waals surface area contributed by atoms with Crippen LogP contribution in [-0.2, 0) is 19.6 Å².